The van der Waals surface area contributed by atoms with Crippen molar-refractivity contribution in [1.82, 2.24) is 0 Å². The molecule has 0 saturated carbocycles. The van der Waals surface area contributed by atoms with Crippen LogP contribution in [0.5, 0.6) is 0 Å². The second-order valence-corrected chi connectivity index (χ2v) is 6.38. The fourth-order valence-electron chi connectivity index (χ4n) is 1.59. The van der Waals surface area contributed by atoms with Gasteiger partial charge in [0.15, 0.2) is 0 Å². The van der Waals surface area contributed by atoms with Gasteiger partial charge in [0.1, 0.15) is 4.38 Å². The van der Waals surface area contributed by atoms with E-state index in [0.717, 1.165) is 0 Å². The van der Waals surface area contributed by atoms with Crippen LogP contribution in [0.3, 0.4) is 0 Å². The molecular formula is C14H14N2O4S2. The second-order valence-electron chi connectivity index (χ2n) is 4.19. The number of rotatable bonds is 5. The molecule has 0 radical (unpaired) electrons. The van der Waals surface area contributed by atoms with Crippen LogP contribution in [0.4, 0.5) is 5.69 Å². The first-order valence-corrected chi connectivity index (χ1v) is 8.49. The summed E-state index contributed by atoms with van der Waals surface area (Å²) in [4.78, 5) is 38.0. The molecule has 0 aliphatic carbocycles. The Morgan fingerprint density at radius 2 is 2.09 bits per heavy atom. The van der Waals surface area contributed by atoms with Gasteiger partial charge in [-0.2, -0.15) is 4.99 Å². The van der Waals surface area contributed by atoms with E-state index in [1.54, 1.807) is 31.2 Å². The maximum absolute atomic E-state index is 11.8. The third-order valence-electron chi connectivity index (χ3n) is 2.54. The highest BCUT2D eigenvalue weighted by Crippen LogP contribution is 2.23. The van der Waals surface area contributed by atoms with E-state index in [9.17, 15) is 14.4 Å². The van der Waals surface area contributed by atoms with Crippen LogP contribution in [0.1, 0.15) is 17.3 Å². The lowest BCUT2D eigenvalue weighted by Crippen LogP contribution is -2.15. The van der Waals surface area contributed by atoms with E-state index >= 15 is 0 Å². The van der Waals surface area contributed by atoms with Crippen molar-refractivity contribution in [3.05, 3.63) is 29.8 Å². The van der Waals surface area contributed by atoms with Crippen molar-refractivity contribution in [2.45, 2.75) is 6.92 Å². The van der Waals surface area contributed by atoms with Crippen LogP contribution in [-0.2, 0) is 14.3 Å². The summed E-state index contributed by atoms with van der Waals surface area (Å²) in [6, 6.07) is 6.47. The Morgan fingerprint density at radius 3 is 2.68 bits per heavy atom. The number of carbonyl (C=O) groups excluding carboxylic acids is 3. The van der Waals surface area contributed by atoms with E-state index in [4.69, 9.17) is 4.74 Å². The standard InChI is InChI=1S/C14H14N2O4S2/c1-2-20-13(19)9-3-5-10(6-4-9)15-11(17)7-21-14-16-12(18)8-22-14/h3-6H,2,7-8H2,1H3,(H,15,17). The Labute approximate surface area is 136 Å². The van der Waals surface area contributed by atoms with Gasteiger partial charge in [0, 0.05) is 5.69 Å². The molecule has 0 saturated heterocycles. The van der Waals surface area contributed by atoms with Crippen molar-refractivity contribution in [1.29, 1.82) is 0 Å². The molecule has 116 valence electrons. The summed E-state index contributed by atoms with van der Waals surface area (Å²) in [5.41, 5.74) is 1.03. The second kappa shape index (κ2) is 8.00. The van der Waals surface area contributed by atoms with Crippen LogP contribution in [0.2, 0.25) is 0 Å². The number of nitrogens with one attached hydrogen (secondary N) is 1. The Bertz CT molecular complexity index is 614. The molecule has 1 aromatic carbocycles. The molecule has 22 heavy (non-hydrogen) atoms. The monoisotopic (exact) mass is 338 g/mol. The first kappa shape index (κ1) is 16.6. The van der Waals surface area contributed by atoms with Crippen LogP contribution in [0, 0.1) is 0 Å². The molecule has 0 unspecified atom stereocenters. The summed E-state index contributed by atoms with van der Waals surface area (Å²) >= 11 is 2.58. The molecule has 1 aromatic rings. The maximum atomic E-state index is 11.8. The molecule has 1 N–H and O–H groups in total. The minimum atomic E-state index is -0.392. The van der Waals surface area contributed by atoms with E-state index in [2.05, 4.69) is 10.3 Å². The van der Waals surface area contributed by atoms with Crippen molar-refractivity contribution >= 4 is 51.4 Å². The number of anilines is 1. The Kier molecular flexibility index (Phi) is 6.02. The molecule has 1 aliphatic rings. The molecule has 0 spiro atoms. The van der Waals surface area contributed by atoms with Crippen LogP contribution < -0.4 is 5.32 Å². The summed E-state index contributed by atoms with van der Waals surface area (Å²) in [7, 11) is 0. The molecule has 0 aromatic heterocycles. The first-order valence-electron chi connectivity index (χ1n) is 6.52. The molecule has 1 aliphatic heterocycles. The number of esters is 1. The summed E-state index contributed by atoms with van der Waals surface area (Å²) in [6.45, 7) is 2.06. The quantitative estimate of drug-likeness (QED) is 0.828. The van der Waals surface area contributed by atoms with Crippen molar-refractivity contribution in [3.8, 4) is 0 Å². The Hall–Kier alpha value is -1.80. The molecule has 8 heteroatoms. The number of benzene rings is 1. The summed E-state index contributed by atoms with van der Waals surface area (Å²) in [5.74, 6) is -0.228. The fraction of sp³-hybridized carbons (Fsp3) is 0.286. The van der Waals surface area contributed by atoms with Gasteiger partial charge in [-0.05, 0) is 31.2 Å². The summed E-state index contributed by atoms with van der Waals surface area (Å²) in [6.07, 6.45) is 0. The number of amides is 2. The van der Waals surface area contributed by atoms with Gasteiger partial charge in [-0.25, -0.2) is 4.79 Å². The topological polar surface area (TPSA) is 84.8 Å². The van der Waals surface area contributed by atoms with E-state index in [1.807, 2.05) is 0 Å². The summed E-state index contributed by atoms with van der Waals surface area (Å²) < 4.78 is 5.50. The minimum Gasteiger partial charge on any atom is -0.462 e. The highest BCUT2D eigenvalue weighted by Gasteiger charge is 2.16. The fourth-order valence-corrected chi connectivity index (χ4v) is 3.25. The Balaban J connectivity index is 1.82. The molecule has 0 bridgehead atoms. The lowest BCUT2D eigenvalue weighted by Gasteiger charge is -2.06. The highest BCUT2D eigenvalue weighted by atomic mass is 32.2. The number of aliphatic imine (C=N–C) groups is 1. The smallest absolute Gasteiger partial charge is 0.338 e. The number of hydrogen-bond acceptors (Lipinski definition) is 6. The molecule has 0 atom stereocenters. The zero-order valence-corrected chi connectivity index (χ0v) is 13.5. The van der Waals surface area contributed by atoms with Gasteiger partial charge in [0.05, 0.1) is 23.7 Å². The zero-order valence-electron chi connectivity index (χ0n) is 11.8. The molecule has 2 amide bonds. The largest absolute Gasteiger partial charge is 0.462 e. The van der Waals surface area contributed by atoms with Gasteiger partial charge < -0.3 is 10.1 Å². The third kappa shape index (κ3) is 4.88. The predicted octanol–water partition coefficient (Wildman–Crippen LogP) is 2.16. The summed E-state index contributed by atoms with van der Waals surface area (Å²) in [5, 5.41) is 2.71. The number of nitrogens with zero attached hydrogens (tertiary/aromatic N) is 1. The predicted molar refractivity (Wildman–Crippen MR) is 88.4 cm³/mol. The molecule has 6 nitrogen and oxygen atoms in total. The van der Waals surface area contributed by atoms with E-state index < -0.39 is 5.97 Å². The van der Waals surface area contributed by atoms with Crippen molar-refractivity contribution in [2.24, 2.45) is 4.99 Å². The van der Waals surface area contributed by atoms with E-state index in [-0.39, 0.29) is 17.6 Å². The van der Waals surface area contributed by atoms with Gasteiger partial charge >= 0.3 is 5.97 Å². The van der Waals surface area contributed by atoms with Gasteiger partial charge in [-0.3, -0.25) is 9.59 Å². The lowest BCUT2D eigenvalue weighted by atomic mass is 10.2. The number of carbonyl (C=O) groups is 3. The average Bonchev–Trinajstić information content (AvgIpc) is 2.92. The van der Waals surface area contributed by atoms with E-state index in [1.165, 1.54) is 23.5 Å². The van der Waals surface area contributed by atoms with Gasteiger partial charge in [0.25, 0.3) is 5.91 Å². The maximum Gasteiger partial charge on any atom is 0.338 e. The third-order valence-corrected chi connectivity index (χ3v) is 4.72. The minimum absolute atomic E-state index is 0.164. The molecule has 0 fully saturated rings. The number of thioether (sulfide) groups is 2. The number of ether oxygens (including phenoxy) is 1. The Morgan fingerprint density at radius 1 is 1.36 bits per heavy atom. The first-order chi connectivity index (χ1) is 10.6. The number of hydrogen-bond donors (Lipinski definition) is 1. The van der Waals surface area contributed by atoms with E-state index in [0.29, 0.717) is 28.0 Å². The zero-order chi connectivity index (χ0) is 15.9. The van der Waals surface area contributed by atoms with Gasteiger partial charge in [0.2, 0.25) is 5.91 Å². The van der Waals surface area contributed by atoms with Gasteiger partial charge in [-0.1, -0.05) is 23.5 Å². The van der Waals surface area contributed by atoms with Crippen LogP contribution in [-0.4, -0.2) is 40.3 Å². The van der Waals surface area contributed by atoms with Crippen LogP contribution >= 0.6 is 23.5 Å². The molecule has 1 heterocycles. The SMILES string of the molecule is CCOC(=O)c1ccc(NC(=O)CSC2=NC(=O)CS2)cc1. The average molecular weight is 338 g/mol. The van der Waals surface area contributed by atoms with Crippen molar-refractivity contribution in [2.75, 3.05) is 23.4 Å². The van der Waals surface area contributed by atoms with Crippen molar-refractivity contribution < 1.29 is 19.1 Å². The van der Waals surface area contributed by atoms with Crippen LogP contribution in [0.25, 0.3) is 0 Å². The normalized spacial score (nSPS) is 13.7. The molecule has 2 rings (SSSR count). The van der Waals surface area contributed by atoms with Crippen LogP contribution in [0.15, 0.2) is 29.3 Å². The highest BCUT2D eigenvalue weighted by molar-refractivity contribution is 8.39. The molecular weight excluding hydrogens is 324 g/mol. The van der Waals surface area contributed by atoms with Gasteiger partial charge in [-0.15, -0.1) is 0 Å². The van der Waals surface area contributed by atoms with Crippen molar-refractivity contribution in [3.63, 3.8) is 0 Å². The lowest BCUT2D eigenvalue weighted by molar-refractivity contribution is -0.115.